The lowest BCUT2D eigenvalue weighted by Gasteiger charge is -2.33. The number of carbonyl (C=O) groups is 12. The van der Waals surface area contributed by atoms with E-state index in [2.05, 4.69) is 38.8 Å². The van der Waals surface area contributed by atoms with Crippen LogP contribution in [0.5, 0.6) is 5.75 Å². The second-order valence-electron chi connectivity index (χ2n) is 32.0. The van der Waals surface area contributed by atoms with Crippen molar-refractivity contribution in [2.75, 3.05) is 39.3 Å². The van der Waals surface area contributed by atoms with Gasteiger partial charge in [-0.1, -0.05) is 184 Å². The number of fused-ring (bicyclic) bond motifs is 1. The zero-order valence-electron chi connectivity index (χ0n) is 69.5. The number of sulfone groups is 1. The number of nitrogens with two attached hydrogens (primary N) is 1. The number of aliphatic hydroxyl groups excluding tert-OH is 3. The average Bonchev–Trinajstić information content (AvgIpc) is 1.66. The second kappa shape index (κ2) is 46.7. The van der Waals surface area contributed by atoms with Crippen LogP contribution in [0.4, 0.5) is 4.39 Å². The van der Waals surface area contributed by atoms with Gasteiger partial charge in [-0.05, 0) is 140 Å². The molecule has 0 saturated carbocycles. The van der Waals surface area contributed by atoms with E-state index in [1.54, 1.807) is 115 Å². The van der Waals surface area contributed by atoms with Gasteiger partial charge in [-0.2, -0.15) is 0 Å². The summed E-state index contributed by atoms with van der Waals surface area (Å²) in [5.41, 5.74) is 11.2. The summed E-state index contributed by atoms with van der Waals surface area (Å²) in [5, 5.41) is 59.7. The van der Waals surface area contributed by atoms with Crippen LogP contribution >= 0.6 is 23.2 Å². The molecule has 1 saturated heterocycles. The topological polar surface area (TPSA) is 425 Å². The Morgan fingerprint density at radius 1 is 0.566 bits per heavy atom. The van der Waals surface area contributed by atoms with Crippen LogP contribution in [0, 0.1) is 29.5 Å². The average molecular weight is 1740 g/mol. The Kier molecular flexibility index (Phi) is 37.2. The van der Waals surface area contributed by atoms with E-state index in [0.29, 0.717) is 46.2 Å². The van der Waals surface area contributed by atoms with E-state index in [-0.39, 0.29) is 54.3 Å². The van der Waals surface area contributed by atoms with Gasteiger partial charge in [-0.25, -0.2) is 12.8 Å². The van der Waals surface area contributed by atoms with Crippen LogP contribution in [0.1, 0.15) is 137 Å². The third-order valence-corrected chi connectivity index (χ3v) is 23.8. The van der Waals surface area contributed by atoms with E-state index in [1.807, 2.05) is 18.2 Å². The third-order valence-electron chi connectivity index (χ3n) is 22.3. The van der Waals surface area contributed by atoms with E-state index in [1.165, 1.54) is 24.1 Å². The first-order valence-electron chi connectivity index (χ1n) is 41.2. The van der Waals surface area contributed by atoms with Gasteiger partial charge in [0.15, 0.2) is 17.3 Å². The van der Waals surface area contributed by atoms with Crippen LogP contribution in [0.3, 0.4) is 0 Å². The van der Waals surface area contributed by atoms with Crippen LogP contribution in [0.2, 0.25) is 10.0 Å². The highest BCUT2D eigenvalue weighted by Gasteiger charge is 2.43. The number of benzene rings is 6. The molecule has 1 aliphatic carbocycles. The minimum atomic E-state index is -3.98. The fourth-order valence-corrected chi connectivity index (χ4v) is 16.5. The lowest BCUT2D eigenvalue weighted by atomic mass is 9.77. The van der Waals surface area contributed by atoms with Crippen LogP contribution in [0.25, 0.3) is 5.57 Å². The summed E-state index contributed by atoms with van der Waals surface area (Å²) < 4.78 is 41.4. The van der Waals surface area contributed by atoms with Crippen molar-refractivity contribution in [3.8, 4) is 5.75 Å². The minimum Gasteiger partial charge on any atom is -0.505 e. The number of carbonyl (C=O) groups excluding carboxylic acids is 12. The molecule has 6 aromatic rings. The number of rotatable bonds is 26. The number of halogens is 3. The molecule has 27 nitrogen and oxygen atoms in total. The van der Waals surface area contributed by atoms with Crippen molar-refractivity contribution in [3.63, 3.8) is 0 Å². The van der Waals surface area contributed by atoms with Crippen molar-refractivity contribution in [2.45, 2.75) is 197 Å². The van der Waals surface area contributed by atoms with Crippen molar-refractivity contribution in [2.24, 2.45) is 29.4 Å². The molecule has 0 spiro atoms. The predicted molar refractivity (Wildman–Crippen MR) is 459 cm³/mol. The number of unbranched alkanes of at least 4 members (excludes halogenated alkanes) is 5. The monoisotopic (exact) mass is 1740 g/mol. The van der Waals surface area contributed by atoms with Gasteiger partial charge < -0.3 is 67.9 Å². The Balaban J connectivity index is 1.29. The number of likely N-dealkylation sites (N-methyl/N-ethyl adjacent to an activating group) is 1. The number of allylic oxidation sites excluding steroid dienone is 1. The number of Topliss-reactive ketones (excluding diaryl/α,β-unsaturated/α-hetero) is 4. The number of aromatic hydroxyl groups is 1. The first kappa shape index (κ1) is 97.1. The molecule has 0 radical (unpaired) electrons. The van der Waals surface area contributed by atoms with Crippen molar-refractivity contribution >= 4 is 109 Å². The quantitative estimate of drug-likeness (QED) is 0.0250. The molecule has 8 rings (SSSR count). The van der Waals surface area contributed by atoms with Gasteiger partial charge >= 0.3 is 0 Å². The number of ketones is 4. The molecule has 0 aromatic heterocycles. The van der Waals surface area contributed by atoms with Crippen LogP contribution in [-0.2, 0) is 106 Å². The summed E-state index contributed by atoms with van der Waals surface area (Å²) in [6, 6.07) is 25.0. The SMILES string of the molecule is CCCCCCCCN(C)C(=O)[C@@H]1CC(=O)N[C@@H](CO)C(=O)N[C@@H]([C@@H](C)O)C(=O)N[C@@H](CCS(C)(=O)=O)C(=O)N(C)[C@@H](Cc2ccccc2)C(=O)N[C@@H]([C@@H](C)O)C(=O)N[C@@H](CC2=CCc3ccccc32)C(=O)N[C@@H](Cc2cccc(Cl)c2)C(=O)C(N)[C@@H](Cc2ccccc2)C(=O)C[C@@H](Cc2ccc(O)c(F)c2)C(=O)C[C@@H](Cc2cccc(Cl)c2)C(=O)C1. The summed E-state index contributed by atoms with van der Waals surface area (Å²) >= 11 is 13.1. The molecule has 1 fully saturated rings. The lowest BCUT2D eigenvalue weighted by Crippen LogP contribution is -2.63. The summed E-state index contributed by atoms with van der Waals surface area (Å²) in [7, 11) is -1.36. The number of hydrogen-bond donors (Lipinski definition) is 11. The molecule has 656 valence electrons. The molecule has 14 atom stereocenters. The van der Waals surface area contributed by atoms with Gasteiger partial charge in [0.05, 0.1) is 42.6 Å². The normalized spacial score (nSPS) is 23.3. The molecule has 31 heteroatoms. The predicted octanol–water partition coefficient (Wildman–Crippen LogP) is 6.77. The largest absolute Gasteiger partial charge is 0.505 e. The van der Waals surface area contributed by atoms with Gasteiger partial charge in [-0.3, -0.25) is 57.5 Å². The van der Waals surface area contributed by atoms with E-state index in [0.717, 1.165) is 81.9 Å². The van der Waals surface area contributed by atoms with Crippen LogP contribution < -0.4 is 37.6 Å². The molecule has 1 heterocycles. The molecule has 1 aliphatic heterocycles. The molecule has 2 aliphatic rings. The summed E-state index contributed by atoms with van der Waals surface area (Å²) in [6.07, 6.45) is -1.16. The number of nitrogens with zero attached hydrogens (tertiary/aromatic N) is 2. The standard InChI is InChI=1S/C91H112Cl2FN9O18S/c1-7-8-9-10-11-20-38-102(4)90(118)65-51-78(109)63(40-58-27-21-30-66(92)42-58)49-77(108)64(41-60-33-36-76(107)70(94)45-60)50-79(110)69(44-56-23-14-12-15-24-56)81(95)84(112)72(46-59-28-22-31-67(93)43-59)98-85(113)73(48-62-35-34-61-29-18-19-32-68(61)62)99-89(117)83(55(3)106)101-87(115)75(47-57-25-16-13-17-26-57)103(5)91(119)71(37-39-122(6,120)121)97-88(116)82(54(2)105)100-86(114)74(53-104)96-80(111)52-65/h12-19,21-33,35-36,42-43,45,54-55,63-65,69,71-75,81-83,104-107H,7-11,20,34,37-41,44,46-53,95H2,1-6H3,(H,96,111)(H,97,116)(H,98,113)(H,99,117)(H,100,114)(H,101,115)/t54-,55-,63-,64-,65+,69+,71+,72+,73+,74+,75+,81?,82+,83+/m1/s1. The summed E-state index contributed by atoms with van der Waals surface area (Å²) in [6.45, 7) is 3.27. The van der Waals surface area contributed by atoms with E-state index in [9.17, 15) is 48.0 Å². The number of phenols is 1. The Bertz CT molecular complexity index is 4830. The zero-order chi connectivity index (χ0) is 89.1. The van der Waals surface area contributed by atoms with Gasteiger partial charge in [0, 0.05) is 93.2 Å². The van der Waals surface area contributed by atoms with Crippen molar-refractivity contribution in [1.82, 2.24) is 41.7 Å². The molecule has 1 unspecified atom stereocenters. The molecule has 122 heavy (non-hydrogen) atoms. The van der Waals surface area contributed by atoms with Crippen LogP contribution in [-0.4, -0.2) is 209 Å². The smallest absolute Gasteiger partial charge is 0.245 e. The highest BCUT2D eigenvalue weighted by atomic mass is 35.5. The lowest BCUT2D eigenvalue weighted by molar-refractivity contribution is -0.144. The minimum absolute atomic E-state index is 0.111. The molecule has 0 bridgehead atoms. The first-order chi connectivity index (χ1) is 58.0. The molecule has 6 aromatic carbocycles. The van der Waals surface area contributed by atoms with Gasteiger partial charge in [0.2, 0.25) is 47.3 Å². The Hall–Kier alpha value is -10.4. The highest BCUT2D eigenvalue weighted by molar-refractivity contribution is 7.90. The maximum absolute atomic E-state index is 16.0. The molecule has 8 amide bonds. The molecule has 12 N–H and O–H groups in total. The number of hydrogen-bond acceptors (Lipinski definition) is 19. The summed E-state index contributed by atoms with van der Waals surface area (Å²) in [5.74, 6) is -20.6. The van der Waals surface area contributed by atoms with Gasteiger partial charge in [0.25, 0.3) is 0 Å². The Labute approximate surface area is 721 Å². The number of aliphatic hydroxyl groups is 3. The zero-order valence-corrected chi connectivity index (χ0v) is 71.8. The highest BCUT2D eigenvalue weighted by Crippen LogP contribution is 2.33. The summed E-state index contributed by atoms with van der Waals surface area (Å²) in [4.78, 5) is 186. The fraction of sp³-hybridized carbons (Fsp3) is 0.451. The Morgan fingerprint density at radius 3 is 1.66 bits per heavy atom. The Morgan fingerprint density at radius 2 is 1.08 bits per heavy atom. The van der Waals surface area contributed by atoms with Crippen LogP contribution in [0.15, 0.2) is 158 Å². The number of amides is 8. The third kappa shape index (κ3) is 29.1. The first-order valence-corrected chi connectivity index (χ1v) is 44.0. The molecular weight excluding hydrogens is 1630 g/mol. The second-order valence-corrected chi connectivity index (χ2v) is 35.2. The number of nitrogens with one attached hydrogen (secondary N) is 6. The van der Waals surface area contributed by atoms with Gasteiger partial charge in [0.1, 0.15) is 63.4 Å². The van der Waals surface area contributed by atoms with E-state index < -0.39 is 227 Å². The van der Waals surface area contributed by atoms with Crippen molar-refractivity contribution in [3.05, 3.63) is 213 Å². The maximum Gasteiger partial charge on any atom is 0.245 e. The fourth-order valence-electron chi connectivity index (χ4n) is 15.4. The maximum atomic E-state index is 16.0. The number of phenolic OH excluding ortho intramolecular Hbond substituents is 1. The van der Waals surface area contributed by atoms with Gasteiger partial charge in [-0.15, -0.1) is 0 Å². The van der Waals surface area contributed by atoms with E-state index in [4.69, 9.17) is 28.9 Å². The van der Waals surface area contributed by atoms with Crippen molar-refractivity contribution < 1.29 is 90.8 Å². The van der Waals surface area contributed by atoms with E-state index >= 15 is 42.7 Å². The van der Waals surface area contributed by atoms with Crippen molar-refractivity contribution in [1.29, 1.82) is 0 Å². The molecular formula is C91H112Cl2FN9O18S.